The monoisotopic (exact) mass is 360 g/mol. The van der Waals surface area contributed by atoms with Gasteiger partial charge in [-0.25, -0.2) is 0 Å². The Balaban J connectivity index is 2.43. The first-order valence-electron chi connectivity index (χ1n) is 8.17. The molecule has 2 aromatic rings. The Kier molecular flexibility index (Phi) is 6.53. The molecule has 0 fully saturated rings. The number of halogens is 1. The van der Waals surface area contributed by atoms with Crippen LogP contribution >= 0.6 is 11.6 Å². The maximum atomic E-state index is 13.0. The summed E-state index contributed by atoms with van der Waals surface area (Å²) < 4.78 is 1.18. The van der Waals surface area contributed by atoms with Gasteiger partial charge >= 0.3 is 0 Å². The first-order valence-corrected chi connectivity index (χ1v) is 8.55. The van der Waals surface area contributed by atoms with Crippen molar-refractivity contribution < 1.29 is 9.59 Å². The van der Waals surface area contributed by atoms with E-state index in [0.717, 1.165) is 12.8 Å². The number of aromatic nitrogens is 1. The number of amides is 1. The minimum absolute atomic E-state index is 0.336. The van der Waals surface area contributed by atoms with Gasteiger partial charge in [0.2, 0.25) is 0 Å². The maximum absolute atomic E-state index is 13.0. The van der Waals surface area contributed by atoms with Crippen molar-refractivity contribution in [2.24, 2.45) is 0 Å². The van der Waals surface area contributed by atoms with E-state index >= 15 is 0 Å². The lowest BCUT2D eigenvalue weighted by Gasteiger charge is -2.24. The Morgan fingerprint density at radius 3 is 2.44 bits per heavy atom. The van der Waals surface area contributed by atoms with Crippen molar-refractivity contribution in [1.29, 1.82) is 0 Å². The van der Waals surface area contributed by atoms with Crippen molar-refractivity contribution in [2.75, 3.05) is 13.6 Å². The summed E-state index contributed by atoms with van der Waals surface area (Å²) >= 11 is 5.87. The molecule has 0 bridgehead atoms. The second-order valence-electron chi connectivity index (χ2n) is 5.83. The van der Waals surface area contributed by atoms with Gasteiger partial charge in [-0.1, -0.05) is 31.0 Å². The van der Waals surface area contributed by atoms with Crippen LogP contribution in [0.1, 0.15) is 36.2 Å². The van der Waals surface area contributed by atoms with Crippen LogP contribution < -0.4 is 5.56 Å². The predicted molar refractivity (Wildman–Crippen MR) is 98.1 cm³/mol. The summed E-state index contributed by atoms with van der Waals surface area (Å²) in [6.07, 6.45) is 3.22. The van der Waals surface area contributed by atoms with Crippen LogP contribution in [0.2, 0.25) is 5.02 Å². The fourth-order valence-corrected chi connectivity index (χ4v) is 2.62. The topological polar surface area (TPSA) is 59.4 Å². The highest BCUT2D eigenvalue weighted by Crippen LogP contribution is 2.18. The molecule has 1 aromatic carbocycles. The highest BCUT2D eigenvalue weighted by molar-refractivity contribution is 6.30. The third-order valence-electron chi connectivity index (χ3n) is 3.96. The number of hydrogen-bond acceptors (Lipinski definition) is 3. The average Bonchev–Trinajstić information content (AvgIpc) is 2.61. The number of carbonyl (C=O) groups excluding carboxylic acids is 2. The van der Waals surface area contributed by atoms with Crippen molar-refractivity contribution in [3.8, 4) is 0 Å². The molecule has 1 aromatic heterocycles. The fourth-order valence-electron chi connectivity index (χ4n) is 2.50. The number of nitrogens with zero attached hydrogens (tertiary/aromatic N) is 2. The van der Waals surface area contributed by atoms with Gasteiger partial charge in [0.05, 0.1) is 0 Å². The van der Waals surface area contributed by atoms with Crippen molar-refractivity contribution in [3.63, 3.8) is 0 Å². The summed E-state index contributed by atoms with van der Waals surface area (Å²) in [7, 11) is 1.65. The molecule has 1 heterocycles. The molecule has 1 unspecified atom stereocenters. The van der Waals surface area contributed by atoms with E-state index in [2.05, 4.69) is 0 Å². The minimum Gasteiger partial charge on any atom is -0.344 e. The lowest BCUT2D eigenvalue weighted by atomic mass is 10.0. The van der Waals surface area contributed by atoms with Crippen LogP contribution in [0.25, 0.3) is 0 Å². The molecule has 0 aliphatic rings. The first-order chi connectivity index (χ1) is 12.0. The number of pyridine rings is 1. The number of ketones is 1. The SMILES string of the molecule is CCCCN(C)C(=O)C(C(=O)c1ccc(Cl)cc1)n1ccccc1=O. The lowest BCUT2D eigenvalue weighted by molar-refractivity contribution is -0.132. The van der Waals surface area contributed by atoms with Crippen LogP contribution in [-0.2, 0) is 4.79 Å². The van der Waals surface area contributed by atoms with Crippen molar-refractivity contribution in [3.05, 3.63) is 69.6 Å². The number of rotatable bonds is 7. The van der Waals surface area contributed by atoms with Gasteiger partial charge in [0, 0.05) is 36.4 Å². The van der Waals surface area contributed by atoms with E-state index in [9.17, 15) is 14.4 Å². The van der Waals surface area contributed by atoms with Crippen LogP contribution in [-0.4, -0.2) is 34.7 Å². The molecular weight excluding hydrogens is 340 g/mol. The summed E-state index contributed by atoms with van der Waals surface area (Å²) in [5.41, 5.74) is -0.0607. The second kappa shape index (κ2) is 8.62. The normalized spacial score (nSPS) is 11.8. The lowest BCUT2D eigenvalue weighted by Crippen LogP contribution is -2.42. The maximum Gasteiger partial charge on any atom is 0.253 e. The summed E-state index contributed by atoms with van der Waals surface area (Å²) in [5.74, 6) is -0.833. The molecule has 1 amide bonds. The molecule has 6 heteroatoms. The minimum atomic E-state index is -1.23. The molecular formula is C19H21ClN2O3. The first kappa shape index (κ1) is 18.9. The Morgan fingerprint density at radius 2 is 1.84 bits per heavy atom. The molecule has 0 N–H and O–H groups in total. The zero-order valence-electron chi connectivity index (χ0n) is 14.3. The van der Waals surface area contributed by atoms with Crippen molar-refractivity contribution in [2.45, 2.75) is 25.8 Å². The highest BCUT2D eigenvalue weighted by atomic mass is 35.5. The van der Waals surface area contributed by atoms with E-state index in [4.69, 9.17) is 11.6 Å². The highest BCUT2D eigenvalue weighted by Gasteiger charge is 2.32. The molecule has 0 radical (unpaired) electrons. The number of benzene rings is 1. The van der Waals surface area contributed by atoms with Crippen molar-refractivity contribution >= 4 is 23.3 Å². The molecule has 25 heavy (non-hydrogen) atoms. The van der Waals surface area contributed by atoms with E-state index in [1.54, 1.807) is 43.4 Å². The van der Waals surface area contributed by atoms with Crippen molar-refractivity contribution in [1.82, 2.24) is 9.47 Å². The molecule has 1 atom stereocenters. The molecule has 0 spiro atoms. The van der Waals surface area contributed by atoms with Gasteiger partial charge in [-0.05, 0) is 36.8 Å². The van der Waals surface area contributed by atoms with Crippen LogP contribution in [0.15, 0.2) is 53.5 Å². The van der Waals surface area contributed by atoms with Gasteiger partial charge in [-0.3, -0.25) is 19.0 Å². The summed E-state index contributed by atoms with van der Waals surface area (Å²) in [5, 5.41) is 0.497. The quantitative estimate of drug-likeness (QED) is 0.562. The Hall–Kier alpha value is -2.40. The Bertz CT molecular complexity index is 799. The van der Waals surface area contributed by atoms with Gasteiger partial charge < -0.3 is 4.90 Å². The third-order valence-corrected chi connectivity index (χ3v) is 4.22. The Labute approximate surface area is 151 Å². The summed E-state index contributed by atoms with van der Waals surface area (Å²) in [4.78, 5) is 39.6. The second-order valence-corrected chi connectivity index (χ2v) is 6.27. The molecule has 0 saturated carbocycles. The zero-order valence-corrected chi connectivity index (χ0v) is 15.1. The van der Waals surface area contributed by atoms with E-state index in [-0.39, 0.29) is 0 Å². The summed E-state index contributed by atoms with van der Waals surface area (Å²) in [6.45, 7) is 2.55. The van der Waals surface area contributed by atoms with Gasteiger partial charge in [-0.2, -0.15) is 0 Å². The fraction of sp³-hybridized carbons (Fsp3) is 0.316. The molecule has 5 nitrogen and oxygen atoms in total. The molecule has 0 aliphatic carbocycles. The van der Waals surface area contributed by atoms with Gasteiger partial charge in [0.1, 0.15) is 0 Å². The van der Waals surface area contributed by atoms with Gasteiger partial charge in [0.15, 0.2) is 11.8 Å². The summed E-state index contributed by atoms with van der Waals surface area (Å²) in [6, 6.07) is 9.61. The van der Waals surface area contributed by atoms with Gasteiger partial charge in [0.25, 0.3) is 11.5 Å². The molecule has 0 saturated heterocycles. The van der Waals surface area contributed by atoms with E-state index in [0.29, 0.717) is 17.1 Å². The zero-order chi connectivity index (χ0) is 18.4. The molecule has 2 rings (SSSR count). The molecule has 0 aliphatic heterocycles. The third kappa shape index (κ3) is 4.57. The van der Waals surface area contributed by atoms with E-state index in [1.165, 1.54) is 21.7 Å². The number of unbranched alkanes of at least 4 members (excludes halogenated alkanes) is 1. The van der Waals surface area contributed by atoms with Crippen LogP contribution in [0.4, 0.5) is 0 Å². The van der Waals surface area contributed by atoms with Gasteiger partial charge in [-0.15, -0.1) is 0 Å². The Morgan fingerprint density at radius 1 is 1.16 bits per heavy atom. The average molecular weight is 361 g/mol. The van der Waals surface area contributed by atoms with E-state index < -0.39 is 23.3 Å². The number of carbonyl (C=O) groups is 2. The smallest absolute Gasteiger partial charge is 0.253 e. The number of Topliss-reactive ketones (excluding diaryl/α,β-unsaturated/α-hetero) is 1. The van der Waals surface area contributed by atoms with E-state index in [1.807, 2.05) is 6.92 Å². The van der Waals surface area contributed by atoms with Crippen LogP contribution in [0.5, 0.6) is 0 Å². The standard InChI is InChI=1S/C19H21ClN2O3/c1-3-4-12-21(2)19(25)17(22-13-6-5-7-16(22)23)18(24)14-8-10-15(20)11-9-14/h5-11,13,17H,3-4,12H2,1-2H3. The van der Waals surface area contributed by atoms with Crippen LogP contribution in [0, 0.1) is 0 Å². The number of hydrogen-bond donors (Lipinski definition) is 0. The van der Waals surface area contributed by atoms with Crippen LogP contribution in [0.3, 0.4) is 0 Å². The predicted octanol–water partition coefficient (Wildman–Crippen LogP) is 3.18. The molecule has 132 valence electrons. The number of likely N-dealkylation sites (N-methyl/N-ethyl adjacent to an activating group) is 1. The largest absolute Gasteiger partial charge is 0.344 e.